The van der Waals surface area contributed by atoms with Gasteiger partial charge in [0.25, 0.3) is 11.6 Å². The SMILES string of the molecule is COc1ccc(NC(=O)COC(=O)COc2cc(C(C)C)ccc2C)c([N+](=O)[O-])c1. The first-order valence-corrected chi connectivity index (χ1v) is 9.22. The van der Waals surface area contributed by atoms with Crippen LogP contribution in [0.2, 0.25) is 0 Å². The molecule has 160 valence electrons. The predicted molar refractivity (Wildman–Crippen MR) is 110 cm³/mol. The molecule has 1 amide bonds. The van der Waals surface area contributed by atoms with Gasteiger partial charge in [0.05, 0.1) is 18.1 Å². The smallest absolute Gasteiger partial charge is 0.344 e. The number of nitro groups is 1. The summed E-state index contributed by atoms with van der Waals surface area (Å²) in [5, 5.41) is 13.5. The standard InChI is InChI=1S/C21H24N2O7/c1-13(2)15-6-5-14(3)19(9-15)29-12-21(25)30-11-20(24)22-17-8-7-16(28-4)10-18(17)23(26)27/h5-10,13H,11-12H2,1-4H3,(H,22,24). The number of nitro benzene ring substituents is 1. The second-order valence-electron chi connectivity index (χ2n) is 6.82. The lowest BCUT2D eigenvalue weighted by Gasteiger charge is -2.12. The molecule has 0 atom stereocenters. The van der Waals surface area contributed by atoms with Crippen LogP contribution < -0.4 is 14.8 Å². The van der Waals surface area contributed by atoms with Crippen molar-refractivity contribution in [1.82, 2.24) is 0 Å². The Kier molecular flexibility index (Phi) is 7.74. The third-order valence-electron chi connectivity index (χ3n) is 4.26. The number of carbonyl (C=O) groups excluding carboxylic acids is 2. The first kappa shape index (κ1) is 22.7. The van der Waals surface area contributed by atoms with Crippen molar-refractivity contribution < 1.29 is 28.7 Å². The minimum Gasteiger partial charge on any atom is -0.496 e. The summed E-state index contributed by atoms with van der Waals surface area (Å²) in [6, 6.07) is 9.76. The Balaban J connectivity index is 1.89. The number of esters is 1. The third-order valence-corrected chi connectivity index (χ3v) is 4.26. The van der Waals surface area contributed by atoms with Crippen LogP contribution in [0, 0.1) is 17.0 Å². The van der Waals surface area contributed by atoms with E-state index in [1.54, 1.807) is 0 Å². The number of hydrogen-bond donors (Lipinski definition) is 1. The summed E-state index contributed by atoms with van der Waals surface area (Å²) in [7, 11) is 1.37. The molecule has 2 aromatic carbocycles. The molecule has 0 aliphatic rings. The quantitative estimate of drug-likeness (QED) is 0.377. The van der Waals surface area contributed by atoms with Gasteiger partial charge < -0.3 is 19.5 Å². The van der Waals surface area contributed by atoms with Crippen LogP contribution in [0.1, 0.15) is 30.9 Å². The van der Waals surface area contributed by atoms with E-state index in [2.05, 4.69) is 19.2 Å². The maximum Gasteiger partial charge on any atom is 0.344 e. The third kappa shape index (κ3) is 6.20. The highest BCUT2D eigenvalue weighted by Crippen LogP contribution is 2.29. The zero-order chi connectivity index (χ0) is 22.3. The second kappa shape index (κ2) is 10.2. The van der Waals surface area contributed by atoms with E-state index in [4.69, 9.17) is 14.2 Å². The largest absolute Gasteiger partial charge is 0.496 e. The number of carbonyl (C=O) groups is 2. The molecule has 2 aromatic rings. The van der Waals surface area contributed by atoms with Crippen molar-refractivity contribution in [1.29, 1.82) is 0 Å². The first-order chi connectivity index (χ1) is 14.2. The van der Waals surface area contributed by atoms with E-state index in [1.807, 2.05) is 25.1 Å². The topological polar surface area (TPSA) is 117 Å². The normalized spacial score (nSPS) is 10.4. The van der Waals surface area contributed by atoms with Gasteiger partial charge in [-0.2, -0.15) is 0 Å². The fourth-order valence-corrected chi connectivity index (χ4v) is 2.54. The van der Waals surface area contributed by atoms with Crippen molar-refractivity contribution in [3.05, 3.63) is 57.6 Å². The molecular weight excluding hydrogens is 392 g/mol. The van der Waals surface area contributed by atoms with Gasteiger partial charge >= 0.3 is 5.97 Å². The maximum absolute atomic E-state index is 12.0. The molecule has 30 heavy (non-hydrogen) atoms. The summed E-state index contributed by atoms with van der Waals surface area (Å²) >= 11 is 0. The molecule has 2 rings (SSSR count). The van der Waals surface area contributed by atoms with E-state index in [0.29, 0.717) is 11.7 Å². The molecular formula is C21H24N2O7. The Bertz CT molecular complexity index is 941. The van der Waals surface area contributed by atoms with Gasteiger partial charge in [-0.05, 0) is 42.2 Å². The summed E-state index contributed by atoms with van der Waals surface area (Å²) in [4.78, 5) is 34.4. The Labute approximate surface area is 174 Å². The molecule has 1 N–H and O–H groups in total. The average Bonchev–Trinajstić information content (AvgIpc) is 2.71. The highest BCUT2D eigenvalue weighted by Gasteiger charge is 2.18. The summed E-state index contributed by atoms with van der Waals surface area (Å²) in [5.41, 5.74) is 1.58. The molecule has 0 unspecified atom stereocenters. The van der Waals surface area contributed by atoms with E-state index in [-0.39, 0.29) is 23.7 Å². The molecule has 0 aliphatic carbocycles. The van der Waals surface area contributed by atoms with Gasteiger partial charge in [-0.25, -0.2) is 4.79 Å². The van der Waals surface area contributed by atoms with Crippen LogP contribution in [-0.4, -0.2) is 37.1 Å². The van der Waals surface area contributed by atoms with Gasteiger partial charge in [-0.15, -0.1) is 0 Å². The molecule has 0 fully saturated rings. The highest BCUT2D eigenvalue weighted by atomic mass is 16.6. The van der Waals surface area contributed by atoms with Crippen LogP contribution in [0.5, 0.6) is 11.5 Å². The fraction of sp³-hybridized carbons (Fsp3) is 0.333. The van der Waals surface area contributed by atoms with Gasteiger partial charge in [-0.3, -0.25) is 14.9 Å². The Hall–Kier alpha value is -3.62. The minimum atomic E-state index is -0.733. The molecule has 0 aromatic heterocycles. The van der Waals surface area contributed by atoms with Crippen LogP contribution in [0.3, 0.4) is 0 Å². The average molecular weight is 416 g/mol. The number of nitrogens with zero attached hydrogens (tertiary/aromatic N) is 1. The summed E-state index contributed by atoms with van der Waals surface area (Å²) in [5.74, 6) is -0.291. The second-order valence-corrected chi connectivity index (χ2v) is 6.82. The van der Waals surface area contributed by atoms with Crippen LogP contribution in [0.15, 0.2) is 36.4 Å². The van der Waals surface area contributed by atoms with Crippen LogP contribution in [0.25, 0.3) is 0 Å². The van der Waals surface area contributed by atoms with Crippen LogP contribution in [-0.2, 0) is 14.3 Å². The number of amides is 1. The highest BCUT2D eigenvalue weighted by molar-refractivity contribution is 5.95. The zero-order valence-electron chi connectivity index (χ0n) is 17.3. The van der Waals surface area contributed by atoms with Crippen molar-refractivity contribution in [3.8, 4) is 11.5 Å². The van der Waals surface area contributed by atoms with Gasteiger partial charge in [0.15, 0.2) is 13.2 Å². The minimum absolute atomic E-state index is 0.0285. The van der Waals surface area contributed by atoms with Crippen molar-refractivity contribution in [2.75, 3.05) is 25.6 Å². The number of aryl methyl sites for hydroxylation is 1. The maximum atomic E-state index is 12.0. The summed E-state index contributed by atoms with van der Waals surface area (Å²) in [6.07, 6.45) is 0. The fourth-order valence-electron chi connectivity index (χ4n) is 2.54. The monoisotopic (exact) mass is 416 g/mol. The zero-order valence-corrected chi connectivity index (χ0v) is 17.3. The number of ether oxygens (including phenoxy) is 3. The number of nitrogens with one attached hydrogen (secondary N) is 1. The van der Waals surface area contributed by atoms with Gasteiger partial charge in [0.2, 0.25) is 0 Å². The molecule has 0 heterocycles. The van der Waals surface area contributed by atoms with E-state index in [0.717, 1.165) is 11.1 Å². The number of methoxy groups -OCH3 is 1. The lowest BCUT2D eigenvalue weighted by Crippen LogP contribution is -2.24. The Morgan fingerprint density at radius 3 is 2.50 bits per heavy atom. The Morgan fingerprint density at radius 2 is 1.87 bits per heavy atom. The molecule has 0 saturated heterocycles. The predicted octanol–water partition coefficient (Wildman–Crippen LogP) is 3.60. The van der Waals surface area contributed by atoms with E-state index >= 15 is 0 Å². The summed E-state index contributed by atoms with van der Waals surface area (Å²) in [6.45, 7) is 5.00. The van der Waals surface area contributed by atoms with E-state index in [1.165, 1.54) is 25.3 Å². The van der Waals surface area contributed by atoms with Crippen molar-refractivity contribution in [3.63, 3.8) is 0 Å². The lowest BCUT2D eigenvalue weighted by molar-refractivity contribution is -0.384. The number of benzene rings is 2. The van der Waals surface area contributed by atoms with E-state index < -0.39 is 23.4 Å². The molecule has 0 aliphatic heterocycles. The van der Waals surface area contributed by atoms with Gasteiger partial charge in [0.1, 0.15) is 17.2 Å². The molecule has 0 spiro atoms. The number of rotatable bonds is 9. The molecule has 9 nitrogen and oxygen atoms in total. The van der Waals surface area contributed by atoms with Gasteiger partial charge in [0, 0.05) is 0 Å². The lowest BCUT2D eigenvalue weighted by atomic mass is 10.0. The number of anilines is 1. The van der Waals surface area contributed by atoms with E-state index in [9.17, 15) is 19.7 Å². The molecule has 9 heteroatoms. The first-order valence-electron chi connectivity index (χ1n) is 9.22. The van der Waals surface area contributed by atoms with Crippen LogP contribution in [0.4, 0.5) is 11.4 Å². The Morgan fingerprint density at radius 1 is 1.13 bits per heavy atom. The van der Waals surface area contributed by atoms with Crippen LogP contribution >= 0.6 is 0 Å². The molecule has 0 radical (unpaired) electrons. The van der Waals surface area contributed by atoms with Crippen molar-refractivity contribution in [2.45, 2.75) is 26.7 Å². The van der Waals surface area contributed by atoms with Gasteiger partial charge in [-0.1, -0.05) is 26.0 Å². The van der Waals surface area contributed by atoms with Crippen molar-refractivity contribution >= 4 is 23.3 Å². The summed E-state index contributed by atoms with van der Waals surface area (Å²) < 4.78 is 15.3. The number of hydrogen-bond acceptors (Lipinski definition) is 7. The molecule has 0 saturated carbocycles. The van der Waals surface area contributed by atoms with Crippen molar-refractivity contribution in [2.24, 2.45) is 0 Å². The molecule has 0 bridgehead atoms.